The minimum atomic E-state index is -0.328. The van der Waals surface area contributed by atoms with Crippen LogP contribution in [0, 0.1) is 0 Å². The first-order valence-electron chi connectivity index (χ1n) is 11.4. The monoisotopic (exact) mass is 462 g/mol. The van der Waals surface area contributed by atoms with E-state index in [0.29, 0.717) is 36.8 Å². The summed E-state index contributed by atoms with van der Waals surface area (Å²) in [6, 6.07) is 23.4. The lowest BCUT2D eigenvalue weighted by Crippen LogP contribution is -2.29. The fraction of sp³-hybridized carbons (Fsp3) is 0.259. The second-order valence-electron chi connectivity index (χ2n) is 7.48. The Morgan fingerprint density at radius 2 is 1.44 bits per heavy atom. The highest BCUT2D eigenvalue weighted by Gasteiger charge is 2.13. The van der Waals surface area contributed by atoms with Crippen molar-refractivity contribution in [1.82, 2.24) is 5.32 Å². The number of hydrogen-bond acceptors (Lipinski definition) is 5. The lowest BCUT2D eigenvalue weighted by atomic mass is 10.2. The molecule has 0 aliphatic heterocycles. The molecule has 3 rings (SSSR count). The van der Waals surface area contributed by atoms with Gasteiger partial charge in [0.15, 0.2) is 6.61 Å². The van der Waals surface area contributed by atoms with E-state index in [2.05, 4.69) is 17.6 Å². The van der Waals surface area contributed by atoms with Crippen LogP contribution in [0.15, 0.2) is 78.9 Å². The van der Waals surface area contributed by atoms with Crippen molar-refractivity contribution in [2.24, 2.45) is 0 Å². The first-order chi connectivity index (χ1) is 16.7. The molecular weight excluding hydrogens is 432 g/mol. The van der Waals surface area contributed by atoms with Gasteiger partial charge >= 0.3 is 0 Å². The highest BCUT2D eigenvalue weighted by Crippen LogP contribution is 2.19. The first kappa shape index (κ1) is 24.6. The molecule has 0 saturated carbocycles. The van der Waals surface area contributed by atoms with Crippen LogP contribution in [0.1, 0.15) is 30.1 Å². The zero-order valence-electron chi connectivity index (χ0n) is 19.3. The summed E-state index contributed by atoms with van der Waals surface area (Å²) >= 11 is 0. The Kier molecular flexibility index (Phi) is 9.80. The summed E-state index contributed by atoms with van der Waals surface area (Å²) in [6.07, 6.45) is 2.07. The number of para-hydroxylation sites is 2. The molecule has 7 nitrogen and oxygen atoms in total. The Balaban J connectivity index is 1.44. The van der Waals surface area contributed by atoms with Crippen molar-refractivity contribution in [3.05, 3.63) is 84.4 Å². The number of anilines is 1. The Bertz CT molecular complexity index is 1040. The number of ether oxygens (including phenoxy) is 3. The number of unbranched alkanes of at least 4 members (excludes halogenated alkanes) is 1. The number of carbonyl (C=O) groups excluding carboxylic acids is 2. The molecule has 2 amide bonds. The minimum absolute atomic E-state index is 0.226. The van der Waals surface area contributed by atoms with Gasteiger partial charge in [0.25, 0.3) is 11.8 Å². The Hall–Kier alpha value is -4.00. The van der Waals surface area contributed by atoms with E-state index in [1.54, 1.807) is 36.4 Å². The highest BCUT2D eigenvalue weighted by molar-refractivity contribution is 5.97. The Labute approximate surface area is 200 Å². The van der Waals surface area contributed by atoms with Crippen LogP contribution >= 0.6 is 0 Å². The molecule has 178 valence electrons. The molecule has 3 aromatic carbocycles. The van der Waals surface area contributed by atoms with Gasteiger partial charge in [0.2, 0.25) is 0 Å². The quantitative estimate of drug-likeness (QED) is 0.360. The summed E-state index contributed by atoms with van der Waals surface area (Å²) in [7, 11) is 0. The number of nitrogens with one attached hydrogen (secondary N) is 2. The predicted molar refractivity (Wildman–Crippen MR) is 132 cm³/mol. The van der Waals surface area contributed by atoms with E-state index in [-0.39, 0.29) is 18.4 Å². The van der Waals surface area contributed by atoms with Crippen LogP contribution in [0.4, 0.5) is 5.69 Å². The Morgan fingerprint density at radius 1 is 0.765 bits per heavy atom. The van der Waals surface area contributed by atoms with Gasteiger partial charge in [-0.05, 0) is 55.0 Å². The van der Waals surface area contributed by atoms with Crippen molar-refractivity contribution >= 4 is 17.5 Å². The molecule has 0 fully saturated rings. The van der Waals surface area contributed by atoms with E-state index in [0.717, 1.165) is 24.3 Å². The number of benzene rings is 3. The molecular formula is C27H30N2O5. The van der Waals surface area contributed by atoms with Crippen molar-refractivity contribution in [1.29, 1.82) is 0 Å². The van der Waals surface area contributed by atoms with Gasteiger partial charge in [0.05, 0.1) is 18.7 Å². The predicted octanol–water partition coefficient (Wildman–Crippen LogP) is 4.69. The van der Waals surface area contributed by atoms with Gasteiger partial charge in [0, 0.05) is 5.69 Å². The maximum atomic E-state index is 12.6. The van der Waals surface area contributed by atoms with Crippen molar-refractivity contribution in [3.8, 4) is 17.2 Å². The van der Waals surface area contributed by atoms with Gasteiger partial charge in [-0.15, -0.1) is 0 Å². The summed E-state index contributed by atoms with van der Waals surface area (Å²) in [5.74, 6) is 1.21. The zero-order valence-corrected chi connectivity index (χ0v) is 19.3. The number of amides is 2. The standard InChI is InChI=1S/C27H30N2O5/c1-2-3-18-32-23-15-13-21(14-16-23)29-26(30)20-34-25-12-8-7-11-24(25)27(31)28-17-19-33-22-9-5-4-6-10-22/h4-16H,2-3,17-20H2,1H3,(H,28,31)(H,29,30). The lowest BCUT2D eigenvalue weighted by Gasteiger charge is -2.12. The van der Waals surface area contributed by atoms with E-state index in [9.17, 15) is 9.59 Å². The third-order valence-electron chi connectivity index (χ3n) is 4.79. The fourth-order valence-electron chi connectivity index (χ4n) is 3.03. The Morgan fingerprint density at radius 3 is 2.21 bits per heavy atom. The van der Waals surface area contributed by atoms with Crippen LogP contribution in [0.3, 0.4) is 0 Å². The van der Waals surface area contributed by atoms with Gasteiger partial charge in [-0.1, -0.05) is 43.7 Å². The molecule has 0 spiro atoms. The lowest BCUT2D eigenvalue weighted by molar-refractivity contribution is -0.118. The molecule has 0 heterocycles. The normalized spacial score (nSPS) is 10.3. The summed E-state index contributed by atoms with van der Waals surface area (Å²) in [6.45, 7) is 3.22. The van der Waals surface area contributed by atoms with Crippen LogP contribution in [-0.2, 0) is 4.79 Å². The SMILES string of the molecule is CCCCOc1ccc(NC(=O)COc2ccccc2C(=O)NCCOc2ccccc2)cc1. The highest BCUT2D eigenvalue weighted by atomic mass is 16.5. The average Bonchev–Trinajstić information content (AvgIpc) is 2.87. The van der Waals surface area contributed by atoms with Gasteiger partial charge < -0.3 is 24.8 Å². The minimum Gasteiger partial charge on any atom is -0.494 e. The largest absolute Gasteiger partial charge is 0.494 e. The number of rotatable bonds is 13. The van der Waals surface area contributed by atoms with Crippen LogP contribution < -0.4 is 24.8 Å². The first-order valence-corrected chi connectivity index (χ1v) is 11.4. The molecule has 0 aliphatic rings. The van der Waals surface area contributed by atoms with E-state index >= 15 is 0 Å². The molecule has 7 heteroatoms. The summed E-state index contributed by atoms with van der Waals surface area (Å²) < 4.78 is 16.8. The molecule has 0 bridgehead atoms. The maximum absolute atomic E-state index is 12.6. The topological polar surface area (TPSA) is 85.9 Å². The molecule has 0 unspecified atom stereocenters. The number of hydrogen-bond donors (Lipinski definition) is 2. The van der Waals surface area contributed by atoms with Crippen molar-refractivity contribution in [2.45, 2.75) is 19.8 Å². The smallest absolute Gasteiger partial charge is 0.262 e. The van der Waals surface area contributed by atoms with Crippen LogP contribution in [0.2, 0.25) is 0 Å². The van der Waals surface area contributed by atoms with Crippen LogP contribution in [0.25, 0.3) is 0 Å². The summed E-state index contributed by atoms with van der Waals surface area (Å²) in [5, 5.41) is 5.58. The van der Waals surface area contributed by atoms with E-state index < -0.39 is 0 Å². The van der Waals surface area contributed by atoms with Gasteiger partial charge in [-0.2, -0.15) is 0 Å². The maximum Gasteiger partial charge on any atom is 0.262 e. The van der Waals surface area contributed by atoms with E-state index in [1.807, 2.05) is 42.5 Å². The third kappa shape index (κ3) is 8.16. The third-order valence-corrected chi connectivity index (χ3v) is 4.79. The molecule has 0 atom stereocenters. The molecule has 2 N–H and O–H groups in total. The van der Waals surface area contributed by atoms with Gasteiger partial charge in [-0.25, -0.2) is 0 Å². The molecule has 0 radical (unpaired) electrons. The van der Waals surface area contributed by atoms with Crippen molar-refractivity contribution < 1.29 is 23.8 Å². The second kappa shape index (κ2) is 13.5. The average molecular weight is 463 g/mol. The van der Waals surface area contributed by atoms with Gasteiger partial charge in [-0.3, -0.25) is 9.59 Å². The second-order valence-corrected chi connectivity index (χ2v) is 7.48. The molecule has 3 aromatic rings. The summed E-state index contributed by atoms with van der Waals surface area (Å²) in [4.78, 5) is 24.9. The van der Waals surface area contributed by atoms with Crippen LogP contribution in [-0.4, -0.2) is 38.2 Å². The molecule has 0 aromatic heterocycles. The van der Waals surface area contributed by atoms with Crippen LogP contribution in [0.5, 0.6) is 17.2 Å². The van der Waals surface area contributed by atoms with Crippen molar-refractivity contribution in [2.75, 3.05) is 31.7 Å². The molecule has 0 aliphatic carbocycles. The fourth-order valence-corrected chi connectivity index (χ4v) is 3.03. The zero-order chi connectivity index (χ0) is 24.0. The van der Waals surface area contributed by atoms with Gasteiger partial charge in [0.1, 0.15) is 23.9 Å². The van der Waals surface area contributed by atoms with Crippen molar-refractivity contribution in [3.63, 3.8) is 0 Å². The van der Waals surface area contributed by atoms with E-state index in [4.69, 9.17) is 14.2 Å². The summed E-state index contributed by atoms with van der Waals surface area (Å²) in [5.41, 5.74) is 0.990. The van der Waals surface area contributed by atoms with E-state index in [1.165, 1.54) is 0 Å². The number of carbonyl (C=O) groups is 2. The molecule has 34 heavy (non-hydrogen) atoms. The molecule has 0 saturated heterocycles.